The maximum Gasteiger partial charge on any atom is 0.191 e. The minimum atomic E-state index is 0.873. The van der Waals surface area contributed by atoms with E-state index < -0.39 is 0 Å². The lowest BCUT2D eigenvalue weighted by Gasteiger charge is -2.10. The maximum absolute atomic E-state index is 4.46. The first kappa shape index (κ1) is 14.5. The number of guanidine groups is 1. The monoisotopic (exact) mass is 251 g/mol. The van der Waals surface area contributed by atoms with Gasteiger partial charge >= 0.3 is 0 Å². The Bertz CT molecular complexity index is 356. The standard InChI is InChI=1S/C13H25N5/c1-4-8-15-13(14-5-2)16-9-6-7-12-10-17-18(3)11-12/h10-11H,4-9H2,1-3H3,(H2,14,15,16). The van der Waals surface area contributed by atoms with E-state index in [9.17, 15) is 0 Å². The number of aromatic nitrogens is 2. The smallest absolute Gasteiger partial charge is 0.191 e. The van der Waals surface area contributed by atoms with Gasteiger partial charge in [-0.2, -0.15) is 5.10 Å². The van der Waals surface area contributed by atoms with Crippen molar-refractivity contribution in [3.63, 3.8) is 0 Å². The first-order valence-corrected chi connectivity index (χ1v) is 6.76. The van der Waals surface area contributed by atoms with E-state index in [4.69, 9.17) is 0 Å². The summed E-state index contributed by atoms with van der Waals surface area (Å²) in [5.74, 6) is 0.922. The molecular formula is C13H25N5. The van der Waals surface area contributed by atoms with Crippen molar-refractivity contribution in [3.05, 3.63) is 18.0 Å². The van der Waals surface area contributed by atoms with Crippen LogP contribution in [0.3, 0.4) is 0 Å². The normalized spacial score (nSPS) is 11.6. The van der Waals surface area contributed by atoms with Crippen molar-refractivity contribution in [2.75, 3.05) is 19.6 Å². The summed E-state index contributed by atoms with van der Waals surface area (Å²) in [6.07, 6.45) is 7.20. The van der Waals surface area contributed by atoms with Crippen LogP contribution in [0.2, 0.25) is 0 Å². The predicted octanol–water partition coefficient (Wildman–Crippen LogP) is 1.32. The van der Waals surface area contributed by atoms with Crippen LogP contribution >= 0.6 is 0 Å². The molecule has 0 saturated carbocycles. The topological polar surface area (TPSA) is 54.2 Å². The van der Waals surface area contributed by atoms with E-state index in [1.165, 1.54) is 5.56 Å². The van der Waals surface area contributed by atoms with Gasteiger partial charge in [0.1, 0.15) is 0 Å². The summed E-state index contributed by atoms with van der Waals surface area (Å²) in [7, 11) is 1.95. The summed E-state index contributed by atoms with van der Waals surface area (Å²) in [6.45, 7) is 6.93. The first-order chi connectivity index (χ1) is 8.76. The van der Waals surface area contributed by atoms with E-state index in [1.54, 1.807) is 0 Å². The molecule has 0 aliphatic heterocycles. The zero-order valence-electron chi connectivity index (χ0n) is 11.7. The van der Waals surface area contributed by atoms with Gasteiger partial charge in [0.2, 0.25) is 0 Å². The second-order valence-corrected chi connectivity index (χ2v) is 4.31. The van der Waals surface area contributed by atoms with Gasteiger partial charge in [0, 0.05) is 32.9 Å². The number of rotatable bonds is 7. The van der Waals surface area contributed by atoms with Gasteiger partial charge in [-0.05, 0) is 31.7 Å². The molecule has 0 aliphatic rings. The predicted molar refractivity (Wildman–Crippen MR) is 75.8 cm³/mol. The Morgan fingerprint density at radius 3 is 2.83 bits per heavy atom. The van der Waals surface area contributed by atoms with Crippen LogP contribution in [0, 0.1) is 0 Å². The van der Waals surface area contributed by atoms with Crippen LogP contribution in [0.15, 0.2) is 17.4 Å². The molecule has 0 radical (unpaired) electrons. The molecule has 2 N–H and O–H groups in total. The molecule has 0 spiro atoms. The minimum Gasteiger partial charge on any atom is -0.357 e. The lowest BCUT2D eigenvalue weighted by Crippen LogP contribution is -2.38. The fraction of sp³-hybridized carbons (Fsp3) is 0.692. The number of nitrogens with one attached hydrogen (secondary N) is 2. The van der Waals surface area contributed by atoms with Gasteiger partial charge in [0.05, 0.1) is 6.20 Å². The van der Waals surface area contributed by atoms with E-state index in [2.05, 4.69) is 40.8 Å². The summed E-state index contributed by atoms with van der Waals surface area (Å²) >= 11 is 0. The van der Waals surface area contributed by atoms with Crippen molar-refractivity contribution in [1.29, 1.82) is 0 Å². The van der Waals surface area contributed by atoms with Crippen LogP contribution in [-0.2, 0) is 13.5 Å². The fourth-order valence-electron chi connectivity index (χ4n) is 1.67. The zero-order chi connectivity index (χ0) is 13.2. The highest BCUT2D eigenvalue weighted by molar-refractivity contribution is 5.79. The maximum atomic E-state index is 4.46. The van der Waals surface area contributed by atoms with Crippen molar-refractivity contribution in [2.24, 2.45) is 12.0 Å². The molecule has 0 unspecified atom stereocenters. The number of aryl methyl sites for hydroxylation is 2. The van der Waals surface area contributed by atoms with Crippen molar-refractivity contribution in [2.45, 2.75) is 33.1 Å². The molecule has 0 amide bonds. The summed E-state index contributed by atoms with van der Waals surface area (Å²) in [4.78, 5) is 4.46. The van der Waals surface area contributed by atoms with Crippen LogP contribution < -0.4 is 10.6 Å². The van der Waals surface area contributed by atoms with Gasteiger partial charge in [-0.15, -0.1) is 0 Å². The lowest BCUT2D eigenvalue weighted by atomic mass is 10.2. The highest BCUT2D eigenvalue weighted by Crippen LogP contribution is 1.99. The molecule has 18 heavy (non-hydrogen) atoms. The van der Waals surface area contributed by atoms with Gasteiger partial charge in [-0.25, -0.2) is 0 Å². The van der Waals surface area contributed by atoms with E-state index in [1.807, 2.05) is 17.9 Å². The van der Waals surface area contributed by atoms with Crippen molar-refractivity contribution in [1.82, 2.24) is 20.4 Å². The Hall–Kier alpha value is -1.52. The quantitative estimate of drug-likeness (QED) is 0.436. The molecule has 0 aromatic carbocycles. The van der Waals surface area contributed by atoms with Gasteiger partial charge in [-0.3, -0.25) is 9.67 Å². The summed E-state index contributed by atoms with van der Waals surface area (Å²) in [5, 5.41) is 10.7. The number of hydrogen-bond acceptors (Lipinski definition) is 2. The zero-order valence-corrected chi connectivity index (χ0v) is 11.7. The van der Waals surface area contributed by atoms with E-state index in [0.717, 1.165) is 44.9 Å². The fourth-order valence-corrected chi connectivity index (χ4v) is 1.67. The van der Waals surface area contributed by atoms with Crippen LogP contribution in [-0.4, -0.2) is 35.4 Å². The molecule has 5 nitrogen and oxygen atoms in total. The summed E-state index contributed by atoms with van der Waals surface area (Å²) < 4.78 is 1.84. The van der Waals surface area contributed by atoms with Crippen LogP contribution in [0.5, 0.6) is 0 Å². The summed E-state index contributed by atoms with van der Waals surface area (Å²) in [5.41, 5.74) is 1.29. The molecule has 0 saturated heterocycles. The van der Waals surface area contributed by atoms with Crippen LogP contribution in [0.4, 0.5) is 0 Å². The Labute approximate surface area is 110 Å². The van der Waals surface area contributed by atoms with E-state index in [-0.39, 0.29) is 0 Å². The summed E-state index contributed by atoms with van der Waals surface area (Å²) in [6, 6.07) is 0. The Kier molecular flexibility index (Phi) is 6.91. The third kappa shape index (κ3) is 5.70. The van der Waals surface area contributed by atoms with Gasteiger partial charge in [0.25, 0.3) is 0 Å². The Morgan fingerprint density at radius 1 is 1.39 bits per heavy atom. The largest absolute Gasteiger partial charge is 0.357 e. The van der Waals surface area contributed by atoms with Crippen LogP contribution in [0.1, 0.15) is 32.3 Å². The average Bonchev–Trinajstić information content (AvgIpc) is 2.77. The van der Waals surface area contributed by atoms with Crippen molar-refractivity contribution < 1.29 is 0 Å². The molecule has 102 valence electrons. The Morgan fingerprint density at radius 2 is 2.22 bits per heavy atom. The molecule has 0 aliphatic carbocycles. The highest BCUT2D eigenvalue weighted by Gasteiger charge is 1.98. The SMILES string of the molecule is CCCN=C(NCC)NCCCc1cnn(C)c1. The van der Waals surface area contributed by atoms with Gasteiger partial charge < -0.3 is 10.6 Å². The van der Waals surface area contributed by atoms with Gasteiger partial charge in [-0.1, -0.05) is 6.92 Å². The highest BCUT2D eigenvalue weighted by atomic mass is 15.2. The molecule has 1 heterocycles. The number of nitrogens with zero attached hydrogens (tertiary/aromatic N) is 3. The molecule has 5 heteroatoms. The molecule has 1 aromatic rings. The third-order valence-electron chi connectivity index (χ3n) is 2.53. The Balaban J connectivity index is 2.22. The second kappa shape index (κ2) is 8.55. The van der Waals surface area contributed by atoms with Gasteiger partial charge in [0.15, 0.2) is 5.96 Å². The van der Waals surface area contributed by atoms with E-state index >= 15 is 0 Å². The number of hydrogen-bond donors (Lipinski definition) is 2. The van der Waals surface area contributed by atoms with Crippen molar-refractivity contribution >= 4 is 5.96 Å². The molecule has 1 aromatic heterocycles. The molecular weight excluding hydrogens is 226 g/mol. The first-order valence-electron chi connectivity index (χ1n) is 6.76. The minimum absolute atomic E-state index is 0.873. The van der Waals surface area contributed by atoms with Crippen molar-refractivity contribution in [3.8, 4) is 0 Å². The van der Waals surface area contributed by atoms with Crippen LogP contribution in [0.25, 0.3) is 0 Å². The third-order valence-corrected chi connectivity index (χ3v) is 2.53. The number of aliphatic imine (C=N–C) groups is 1. The molecule has 0 atom stereocenters. The molecule has 1 rings (SSSR count). The average molecular weight is 251 g/mol. The molecule has 0 fully saturated rings. The molecule has 0 bridgehead atoms. The lowest BCUT2D eigenvalue weighted by molar-refractivity contribution is 0.739. The van der Waals surface area contributed by atoms with E-state index in [0.29, 0.717) is 0 Å². The second-order valence-electron chi connectivity index (χ2n) is 4.31.